The summed E-state index contributed by atoms with van der Waals surface area (Å²) in [5, 5.41) is 35.4. The number of thiazole rings is 5. The first-order chi connectivity index (χ1) is 64.9. The van der Waals surface area contributed by atoms with E-state index in [-0.39, 0.29) is 34.9 Å². The third-order valence-corrected chi connectivity index (χ3v) is 29.9. The molecule has 0 radical (unpaired) electrons. The van der Waals surface area contributed by atoms with Gasteiger partial charge in [-0.15, -0.1) is 56.7 Å². The van der Waals surface area contributed by atoms with Gasteiger partial charge in [-0.25, -0.2) is 28.8 Å². The number of halogens is 2. The van der Waals surface area contributed by atoms with Gasteiger partial charge in [0.1, 0.15) is 23.2 Å². The van der Waals surface area contributed by atoms with Crippen LogP contribution in [0.1, 0.15) is 125 Å². The summed E-state index contributed by atoms with van der Waals surface area (Å²) >= 11 is 10.8. The summed E-state index contributed by atoms with van der Waals surface area (Å²) in [5.41, 5.74) is 17.1. The van der Waals surface area contributed by atoms with Gasteiger partial charge in [-0.05, 0) is 191 Å². The summed E-state index contributed by atoms with van der Waals surface area (Å²) in [7, 11) is 1.74. The number of rotatable bonds is 24. The zero-order valence-corrected chi connectivity index (χ0v) is 81.5. The van der Waals surface area contributed by atoms with Crippen LogP contribution in [-0.2, 0) is 25.7 Å². The molecule has 0 aliphatic rings. The van der Waals surface area contributed by atoms with Gasteiger partial charge in [0.2, 0.25) is 0 Å². The third-order valence-electron chi connectivity index (χ3n) is 18.7. The molecule has 0 bridgehead atoms. The van der Waals surface area contributed by atoms with Crippen molar-refractivity contribution in [2.45, 2.75) is 11.5 Å². The number of carboxylic acids is 3. The van der Waals surface area contributed by atoms with Gasteiger partial charge in [-0.2, -0.15) is 0 Å². The van der Waals surface area contributed by atoms with E-state index in [0.717, 1.165) is 70.7 Å². The van der Waals surface area contributed by atoms with Crippen molar-refractivity contribution in [3.05, 3.63) is 477 Å². The fourth-order valence-electron chi connectivity index (χ4n) is 12.5. The lowest BCUT2D eigenvalue weighted by Gasteiger charge is -2.28. The highest BCUT2D eigenvalue weighted by molar-refractivity contribution is 9.08. The molecule has 12 aromatic carbocycles. The Hall–Kier alpha value is -13.9. The number of aromatic carboxylic acids is 3. The molecule has 0 saturated carbocycles. The molecular formula is C107H89Br2N5O13P2S5. The molecular weight excluding hydrogens is 1950 g/mol. The first kappa shape index (κ1) is 104. The van der Waals surface area contributed by atoms with Gasteiger partial charge >= 0.3 is 35.8 Å². The van der Waals surface area contributed by atoms with E-state index in [1.54, 1.807) is 143 Å². The topological polar surface area (TPSA) is 272 Å². The van der Waals surface area contributed by atoms with Crippen LogP contribution in [-0.4, -0.2) is 104 Å². The molecule has 17 rings (SSSR count). The number of benzene rings is 12. The quantitative estimate of drug-likeness (QED) is 0.0167. The number of alkyl halides is 1. The molecule has 0 amide bonds. The average molecular weight is 2040 g/mol. The number of carboxylic acid groups (broad SMARTS) is 3. The number of aldehydes is 1. The maximum atomic E-state index is 12.1. The molecule has 5 aromatic heterocycles. The molecule has 0 unspecified atom stereocenters. The van der Waals surface area contributed by atoms with Crippen molar-refractivity contribution < 1.29 is 80.1 Å². The molecule has 3 N–H and O–H groups in total. The maximum Gasteiger partial charge on any atom is 0.337 e. The van der Waals surface area contributed by atoms with Crippen LogP contribution in [0.5, 0.6) is 0 Å². The van der Waals surface area contributed by atoms with Crippen LogP contribution in [0, 0.1) is 0 Å². The smallest absolute Gasteiger partial charge is 0.337 e. The monoisotopic (exact) mass is 2030 g/mol. The van der Waals surface area contributed by atoms with E-state index in [4.69, 9.17) is 20.1 Å². The summed E-state index contributed by atoms with van der Waals surface area (Å²) in [4.78, 5) is 101. The van der Waals surface area contributed by atoms with Crippen molar-refractivity contribution in [1.82, 2.24) is 24.9 Å². The number of aromatic nitrogens is 5. The lowest BCUT2D eigenvalue weighted by Crippen LogP contribution is -3.00. The minimum Gasteiger partial charge on any atom is -1.00 e. The number of hydrogen-bond donors (Lipinski definition) is 3. The van der Waals surface area contributed by atoms with Gasteiger partial charge in [0.25, 0.3) is 0 Å². The van der Waals surface area contributed by atoms with Crippen molar-refractivity contribution in [2.24, 2.45) is 0 Å². The second-order valence-electron chi connectivity index (χ2n) is 27.7. The number of hydrogen-bond acceptors (Lipinski definition) is 20. The summed E-state index contributed by atoms with van der Waals surface area (Å²) in [6, 6.07) is 107. The summed E-state index contributed by atoms with van der Waals surface area (Å²) < 4.78 is 14.2. The van der Waals surface area contributed by atoms with Gasteiger partial charge < -0.3 is 46.5 Å². The van der Waals surface area contributed by atoms with Crippen molar-refractivity contribution in [2.75, 3.05) is 21.3 Å². The minimum absolute atomic E-state index is 0. The summed E-state index contributed by atoms with van der Waals surface area (Å²) in [6.45, 7) is 0. The molecule has 134 heavy (non-hydrogen) atoms. The molecule has 0 fully saturated rings. The van der Waals surface area contributed by atoms with Gasteiger partial charge in [0.15, 0.2) is 6.29 Å². The summed E-state index contributed by atoms with van der Waals surface area (Å²) in [5.74, 6) is -3.65. The molecule has 0 aliphatic carbocycles. The van der Waals surface area contributed by atoms with E-state index in [1.165, 1.54) is 105 Å². The van der Waals surface area contributed by atoms with Crippen molar-refractivity contribution >= 4 is 210 Å². The normalized spacial score (nSPS) is 10.5. The fourth-order valence-corrected chi connectivity index (χ4v) is 21.8. The molecule has 0 saturated heterocycles. The van der Waals surface area contributed by atoms with Crippen LogP contribution >= 0.6 is 87.8 Å². The van der Waals surface area contributed by atoms with Crippen molar-refractivity contribution in [3.8, 4) is 0 Å². The number of carbonyl (C=O) groups excluding carboxylic acids is 4. The Morgan fingerprint density at radius 1 is 0.313 bits per heavy atom. The highest BCUT2D eigenvalue weighted by Gasteiger charge is 2.45. The molecule has 27 heteroatoms. The van der Waals surface area contributed by atoms with Gasteiger partial charge in [0, 0.05) is 55.8 Å². The average Bonchev–Trinajstić information content (AvgIpc) is 1.04. The fraction of sp³-hybridized carbons (Fsp3) is 0.0467. The number of ether oxygens (including phenoxy) is 3. The van der Waals surface area contributed by atoms with Crippen LogP contribution in [0.15, 0.2) is 386 Å². The number of methoxy groups -OCH3 is 3. The van der Waals surface area contributed by atoms with Crippen LogP contribution in [0.2, 0.25) is 0 Å². The van der Waals surface area contributed by atoms with Crippen molar-refractivity contribution in [1.29, 1.82) is 0 Å². The Morgan fingerprint density at radius 3 is 0.813 bits per heavy atom. The van der Waals surface area contributed by atoms with E-state index in [9.17, 15) is 33.6 Å². The van der Waals surface area contributed by atoms with Crippen LogP contribution in [0.4, 0.5) is 0 Å². The first-order valence-corrected chi connectivity index (χ1v) is 49.5. The zero-order chi connectivity index (χ0) is 94.0. The number of carbonyl (C=O) groups is 7. The standard InChI is InChI=1S/C27H24O2P.C18H15P.C13H11NO2S.3C12H9NO2S.C9H9BrO2.C4H3NOS.BrH/c1-29-27(28)23-13-11-12-22(20-23)21-30(24-14-5-2-6-15-24,25-16-7-3-8-17-25)26-18-9-4-10-19-26;1-4-10-16(11-5-1)19(17-12-6-2-7-13-17)18-14-8-3-9-15-18;1-16-13(15)11-4-2-3-10(7-11)5-6-12-8-14-9-17-12;3*14-12(15)10-3-1-2-9(6-10)4-5-11-7-13-8-16-11;1-12-9(11)8-4-2-3-7(5-8)6-10;6-2-4-1-5-3-7-4;/h2-20H,21H2,1H3;1-15H;2-9H,1H3;3*1-8H,(H,14,15);2-5H,6H2,1H3;1-3H;1H/q+1;;;;;;;;/p-1/b;;6-5+;2*5-4+;5-4-;;;. The van der Waals surface area contributed by atoms with E-state index >= 15 is 0 Å². The second-order valence-corrected chi connectivity index (χ2v) is 38.6. The Balaban J connectivity index is 0.000000176. The Labute approximate surface area is 818 Å². The predicted octanol–water partition coefficient (Wildman–Crippen LogP) is 20.9. The zero-order valence-electron chi connectivity index (χ0n) is 72.4. The Bertz CT molecular complexity index is 6130. The maximum absolute atomic E-state index is 12.1. The van der Waals surface area contributed by atoms with E-state index in [1.807, 2.05) is 109 Å². The lowest BCUT2D eigenvalue weighted by molar-refractivity contribution is -0.000111. The number of esters is 3. The van der Waals surface area contributed by atoms with Gasteiger partial charge in [0.05, 0.1) is 93.3 Å². The second kappa shape index (κ2) is 57.4. The molecule has 17 aromatic rings. The largest absolute Gasteiger partial charge is 1.00 e. The van der Waals surface area contributed by atoms with Gasteiger partial charge in [-0.3, -0.25) is 29.7 Å². The SMILES string of the molecule is COC(=O)c1cccc(/C=C/c2cncs2)c1.COC(=O)c1cccc(CBr)c1.COC(=O)c1cccc(C[P+](c2ccccc2)(c2ccccc2)c2ccccc2)c1.O=C(O)c1cccc(/C=C/c2cncs2)c1.O=C(O)c1cccc(/C=C/c2cncs2)c1.O=C(O)c1cccc(/C=C\c2cncs2)c1.O=Cc1cncs1.[Br-].c1ccc(P(c2ccccc2)c2ccccc2)cc1. The van der Waals surface area contributed by atoms with E-state index in [0.29, 0.717) is 38.3 Å². The van der Waals surface area contributed by atoms with Gasteiger partial charge in [-0.1, -0.05) is 259 Å². The molecule has 18 nitrogen and oxygen atoms in total. The highest BCUT2D eigenvalue weighted by atomic mass is 79.9. The van der Waals surface area contributed by atoms with Crippen molar-refractivity contribution in [3.63, 3.8) is 0 Å². The van der Waals surface area contributed by atoms with E-state index < -0.39 is 33.1 Å². The first-order valence-electron chi connectivity index (χ1n) is 40.6. The Kier molecular flexibility index (Phi) is 44.4. The molecule has 0 spiro atoms. The third kappa shape index (κ3) is 34.0. The Morgan fingerprint density at radius 2 is 0.560 bits per heavy atom. The van der Waals surface area contributed by atoms with Crippen LogP contribution < -0.4 is 48.8 Å². The summed E-state index contributed by atoms with van der Waals surface area (Å²) in [6.07, 6.45) is 25.5. The minimum atomic E-state index is -1.99. The predicted molar refractivity (Wildman–Crippen MR) is 552 cm³/mol. The molecule has 0 atom stereocenters. The highest BCUT2D eigenvalue weighted by Crippen LogP contribution is 2.58. The number of nitrogens with zero attached hydrogens (tertiary/aromatic N) is 5. The molecule has 674 valence electrons. The lowest BCUT2D eigenvalue weighted by atomic mass is 10.1. The van der Waals surface area contributed by atoms with Crippen LogP contribution in [0.3, 0.4) is 0 Å². The van der Waals surface area contributed by atoms with E-state index in [2.05, 4.69) is 238 Å². The molecule has 0 aliphatic heterocycles. The van der Waals surface area contributed by atoms with Crippen LogP contribution in [0.25, 0.3) is 48.6 Å². The molecule has 5 heterocycles.